The predicted octanol–water partition coefficient (Wildman–Crippen LogP) is 3.03. The van der Waals surface area contributed by atoms with Crippen LogP contribution < -0.4 is 16.1 Å². The molecule has 0 radical (unpaired) electrons. The highest BCUT2D eigenvalue weighted by Crippen LogP contribution is 2.16. The lowest BCUT2D eigenvalue weighted by atomic mass is 10.1. The topological polar surface area (TPSA) is 110 Å². The van der Waals surface area contributed by atoms with Gasteiger partial charge in [-0.25, -0.2) is 9.59 Å². The van der Waals surface area contributed by atoms with Crippen LogP contribution in [0.15, 0.2) is 29.2 Å². The summed E-state index contributed by atoms with van der Waals surface area (Å²) in [5, 5.41) is 6.29. The van der Waals surface area contributed by atoms with Crippen molar-refractivity contribution in [2.45, 2.75) is 46.3 Å². The number of H-pyrrole nitrogens is 1. The highest BCUT2D eigenvalue weighted by molar-refractivity contribution is 5.94. The van der Waals surface area contributed by atoms with Crippen LogP contribution in [0.4, 0.5) is 10.5 Å². The second-order valence-electron chi connectivity index (χ2n) is 7.44. The van der Waals surface area contributed by atoms with E-state index in [4.69, 9.17) is 9.47 Å². The van der Waals surface area contributed by atoms with Gasteiger partial charge in [0, 0.05) is 35.4 Å². The average molecular weight is 389 g/mol. The van der Waals surface area contributed by atoms with Crippen LogP contribution in [0.3, 0.4) is 0 Å². The standard InChI is InChI=1S/C20H27N3O5/c1-6-27-18(25)15-11-22-16-8-7-13(9-14(16)17(15)24)21-10-12(2)23-19(26)28-20(3,4)5/h7-9,11-12,21H,6,10H2,1-5H3,(H,22,24)(H,23,26). The Kier molecular flexibility index (Phi) is 6.66. The number of nitrogens with one attached hydrogen (secondary N) is 3. The highest BCUT2D eigenvalue weighted by atomic mass is 16.6. The molecule has 0 bridgehead atoms. The van der Waals surface area contributed by atoms with Crippen LogP contribution in [0.25, 0.3) is 10.9 Å². The van der Waals surface area contributed by atoms with Crippen molar-refractivity contribution in [2.75, 3.05) is 18.5 Å². The first kappa shape index (κ1) is 21.3. The molecule has 1 unspecified atom stereocenters. The molecule has 1 heterocycles. The van der Waals surface area contributed by atoms with E-state index in [-0.39, 0.29) is 18.2 Å². The van der Waals surface area contributed by atoms with Gasteiger partial charge < -0.3 is 25.1 Å². The fourth-order valence-electron chi connectivity index (χ4n) is 2.52. The number of hydrogen-bond acceptors (Lipinski definition) is 6. The van der Waals surface area contributed by atoms with Crippen molar-refractivity contribution in [1.29, 1.82) is 0 Å². The zero-order chi connectivity index (χ0) is 20.9. The Labute approximate surface area is 163 Å². The van der Waals surface area contributed by atoms with Crippen LogP contribution in [-0.4, -0.2) is 41.8 Å². The number of anilines is 1. The minimum absolute atomic E-state index is 0.0357. The fourth-order valence-corrected chi connectivity index (χ4v) is 2.52. The van der Waals surface area contributed by atoms with Gasteiger partial charge >= 0.3 is 12.1 Å². The molecule has 1 aromatic heterocycles. The Bertz CT molecular complexity index is 914. The van der Waals surface area contributed by atoms with Crippen molar-refractivity contribution in [3.8, 4) is 0 Å². The molecule has 8 nitrogen and oxygen atoms in total. The van der Waals surface area contributed by atoms with Gasteiger partial charge in [-0.1, -0.05) is 0 Å². The van der Waals surface area contributed by atoms with Gasteiger partial charge in [-0.3, -0.25) is 4.79 Å². The van der Waals surface area contributed by atoms with Crippen molar-refractivity contribution >= 4 is 28.7 Å². The number of carbonyl (C=O) groups is 2. The monoisotopic (exact) mass is 389 g/mol. The maximum Gasteiger partial charge on any atom is 0.407 e. The maximum atomic E-state index is 12.6. The number of hydrogen-bond donors (Lipinski definition) is 3. The number of aromatic nitrogens is 1. The van der Waals surface area contributed by atoms with E-state index >= 15 is 0 Å². The third-order valence-electron chi connectivity index (χ3n) is 3.75. The number of esters is 1. The lowest BCUT2D eigenvalue weighted by Gasteiger charge is -2.22. The summed E-state index contributed by atoms with van der Waals surface area (Å²) in [5.41, 5.74) is 0.315. The number of ether oxygens (including phenoxy) is 2. The van der Waals surface area contributed by atoms with Gasteiger partial charge in [0.15, 0.2) is 0 Å². The molecule has 0 saturated heterocycles. The summed E-state index contributed by atoms with van der Waals surface area (Å²) in [7, 11) is 0. The Morgan fingerprint density at radius 2 is 1.96 bits per heavy atom. The molecule has 8 heteroatoms. The average Bonchev–Trinajstić information content (AvgIpc) is 2.59. The summed E-state index contributed by atoms with van der Waals surface area (Å²) in [5.74, 6) is -0.654. The number of amides is 1. The van der Waals surface area contributed by atoms with E-state index in [9.17, 15) is 14.4 Å². The number of pyridine rings is 1. The first-order chi connectivity index (χ1) is 13.1. The van der Waals surface area contributed by atoms with Gasteiger partial charge in [0.1, 0.15) is 11.2 Å². The Balaban J connectivity index is 2.09. The lowest BCUT2D eigenvalue weighted by molar-refractivity contribution is 0.0505. The van der Waals surface area contributed by atoms with Crippen LogP contribution >= 0.6 is 0 Å². The van der Waals surface area contributed by atoms with Crippen molar-refractivity contribution in [2.24, 2.45) is 0 Å². The molecule has 0 saturated carbocycles. The minimum Gasteiger partial charge on any atom is -0.462 e. The quantitative estimate of drug-likeness (QED) is 0.655. The van der Waals surface area contributed by atoms with E-state index in [1.54, 1.807) is 39.8 Å². The van der Waals surface area contributed by atoms with Crippen LogP contribution in [0.1, 0.15) is 45.0 Å². The number of carbonyl (C=O) groups excluding carboxylic acids is 2. The largest absolute Gasteiger partial charge is 0.462 e. The number of rotatable bonds is 6. The summed E-state index contributed by atoms with van der Waals surface area (Å²) in [6.45, 7) is 9.54. The smallest absolute Gasteiger partial charge is 0.407 e. The summed E-state index contributed by atoms with van der Waals surface area (Å²) in [6.07, 6.45) is 0.874. The molecule has 1 aromatic carbocycles. The number of fused-ring (bicyclic) bond motifs is 1. The number of aromatic amines is 1. The van der Waals surface area contributed by atoms with Gasteiger partial charge in [-0.2, -0.15) is 0 Å². The van der Waals surface area contributed by atoms with E-state index in [1.807, 2.05) is 13.0 Å². The first-order valence-corrected chi connectivity index (χ1v) is 9.16. The van der Waals surface area contributed by atoms with Gasteiger partial charge in [0.05, 0.1) is 6.61 Å². The predicted molar refractivity (Wildman–Crippen MR) is 108 cm³/mol. The Morgan fingerprint density at radius 3 is 2.61 bits per heavy atom. The van der Waals surface area contributed by atoms with E-state index in [2.05, 4.69) is 15.6 Å². The molecule has 2 rings (SSSR count). The van der Waals surface area contributed by atoms with E-state index in [0.717, 1.165) is 0 Å². The SMILES string of the molecule is CCOC(=O)c1c[nH]c2ccc(NCC(C)NC(=O)OC(C)(C)C)cc2c1=O. The number of alkyl carbamates (subject to hydrolysis) is 1. The molecule has 0 aliphatic heterocycles. The van der Waals surface area contributed by atoms with E-state index in [0.29, 0.717) is 23.1 Å². The zero-order valence-corrected chi connectivity index (χ0v) is 16.8. The van der Waals surface area contributed by atoms with Crippen molar-refractivity contribution in [3.63, 3.8) is 0 Å². The summed E-state index contributed by atoms with van der Waals surface area (Å²) >= 11 is 0. The molecule has 0 aliphatic rings. The lowest BCUT2D eigenvalue weighted by Crippen LogP contribution is -2.40. The molecule has 152 valence electrons. The number of benzene rings is 1. The van der Waals surface area contributed by atoms with Crippen molar-refractivity contribution in [1.82, 2.24) is 10.3 Å². The van der Waals surface area contributed by atoms with Crippen LogP contribution in [0.5, 0.6) is 0 Å². The van der Waals surface area contributed by atoms with Gasteiger partial charge in [-0.15, -0.1) is 0 Å². The summed E-state index contributed by atoms with van der Waals surface area (Å²) in [6, 6.07) is 5.02. The highest BCUT2D eigenvalue weighted by Gasteiger charge is 2.18. The molecular weight excluding hydrogens is 362 g/mol. The molecule has 2 aromatic rings. The van der Waals surface area contributed by atoms with Crippen LogP contribution in [0, 0.1) is 0 Å². The second kappa shape index (κ2) is 8.77. The molecule has 0 fully saturated rings. The molecule has 0 spiro atoms. The molecule has 0 aliphatic carbocycles. The molecule has 28 heavy (non-hydrogen) atoms. The van der Waals surface area contributed by atoms with Crippen LogP contribution in [0.2, 0.25) is 0 Å². The Hall–Kier alpha value is -3.03. The van der Waals surface area contributed by atoms with Crippen LogP contribution in [-0.2, 0) is 9.47 Å². The molecular formula is C20H27N3O5. The summed E-state index contributed by atoms with van der Waals surface area (Å²) < 4.78 is 10.1. The molecule has 1 amide bonds. The Morgan fingerprint density at radius 1 is 1.25 bits per heavy atom. The maximum absolute atomic E-state index is 12.6. The zero-order valence-electron chi connectivity index (χ0n) is 16.8. The fraction of sp³-hybridized carbons (Fsp3) is 0.450. The van der Waals surface area contributed by atoms with Gasteiger partial charge in [-0.05, 0) is 52.8 Å². The van der Waals surface area contributed by atoms with Gasteiger partial charge in [0.2, 0.25) is 5.43 Å². The van der Waals surface area contributed by atoms with Gasteiger partial charge in [0.25, 0.3) is 0 Å². The minimum atomic E-state index is -0.654. The van der Waals surface area contributed by atoms with E-state index in [1.165, 1.54) is 6.20 Å². The summed E-state index contributed by atoms with van der Waals surface area (Å²) in [4.78, 5) is 39.2. The second-order valence-corrected chi connectivity index (χ2v) is 7.44. The normalized spacial score (nSPS) is 12.3. The third kappa shape index (κ3) is 5.73. The first-order valence-electron chi connectivity index (χ1n) is 9.16. The van der Waals surface area contributed by atoms with Crippen molar-refractivity contribution in [3.05, 3.63) is 40.2 Å². The third-order valence-corrected chi connectivity index (χ3v) is 3.75. The van der Waals surface area contributed by atoms with Crippen molar-refractivity contribution < 1.29 is 19.1 Å². The molecule has 3 N–H and O–H groups in total. The van der Waals surface area contributed by atoms with E-state index < -0.39 is 23.1 Å². The molecule has 1 atom stereocenters.